The molecule has 1 atom stereocenters. The van der Waals surface area contributed by atoms with Crippen LogP contribution in [0, 0.1) is 5.92 Å². The van der Waals surface area contributed by atoms with Gasteiger partial charge in [-0.2, -0.15) is 10.1 Å². The Bertz CT molecular complexity index is 1620. The van der Waals surface area contributed by atoms with E-state index >= 15 is 0 Å². The summed E-state index contributed by atoms with van der Waals surface area (Å²) >= 11 is 0. The first kappa shape index (κ1) is 27.6. The van der Waals surface area contributed by atoms with Crippen LogP contribution in [0.2, 0.25) is 0 Å². The fraction of sp³-hybridized carbons (Fsp3) is 0.419. The average Bonchev–Trinajstić information content (AvgIpc) is 3.76. The van der Waals surface area contributed by atoms with Gasteiger partial charge in [-0.15, -0.1) is 0 Å². The largest absolute Gasteiger partial charge is 0.464 e. The van der Waals surface area contributed by atoms with Crippen LogP contribution in [-0.4, -0.2) is 68.8 Å². The number of carbonyl (C=O) groups is 3. The lowest BCUT2D eigenvalue weighted by atomic mass is 9.95. The topological polar surface area (TPSA) is 124 Å². The Morgan fingerprint density at radius 2 is 1.86 bits per heavy atom. The van der Waals surface area contributed by atoms with E-state index in [2.05, 4.69) is 10.3 Å². The number of carbonyl (C=O) groups excluding carboxylic acids is 3. The quantitative estimate of drug-likeness (QED) is 0.304. The van der Waals surface area contributed by atoms with Crippen LogP contribution in [0.15, 0.2) is 59.3 Å². The summed E-state index contributed by atoms with van der Waals surface area (Å²) in [4.78, 5) is 46.8. The second-order valence-corrected chi connectivity index (χ2v) is 11.4. The van der Waals surface area contributed by atoms with Crippen LogP contribution < -0.4 is 4.90 Å². The van der Waals surface area contributed by atoms with Crippen molar-refractivity contribution in [1.29, 1.82) is 0 Å². The van der Waals surface area contributed by atoms with Crippen LogP contribution in [0.3, 0.4) is 0 Å². The molecule has 2 aliphatic heterocycles. The number of ether oxygens (including phenoxy) is 1. The molecule has 2 fully saturated rings. The van der Waals surface area contributed by atoms with Crippen LogP contribution in [0.25, 0.3) is 22.3 Å². The second-order valence-electron chi connectivity index (χ2n) is 11.4. The summed E-state index contributed by atoms with van der Waals surface area (Å²) in [6, 6.07) is 15.2. The SMILES string of the molecule is CCOC(=O)C(C)(C)n1ncc2ccc(-c3noc(C4CCN(C(=O)C5CC(=O)N(c6ccccc6)C5)CC4)n3)cc21. The van der Waals surface area contributed by atoms with E-state index in [1.807, 2.05) is 53.4 Å². The number of piperidine rings is 1. The Labute approximate surface area is 243 Å². The maximum atomic E-state index is 13.3. The predicted molar refractivity (Wildman–Crippen MR) is 154 cm³/mol. The van der Waals surface area contributed by atoms with Crippen molar-refractivity contribution in [2.75, 3.05) is 31.1 Å². The van der Waals surface area contributed by atoms with E-state index in [1.165, 1.54) is 0 Å². The summed E-state index contributed by atoms with van der Waals surface area (Å²) in [5.41, 5.74) is 1.35. The van der Waals surface area contributed by atoms with Crippen molar-refractivity contribution in [2.45, 2.75) is 51.5 Å². The minimum atomic E-state index is -0.990. The smallest absolute Gasteiger partial charge is 0.333 e. The summed E-state index contributed by atoms with van der Waals surface area (Å²) in [6.45, 7) is 7.18. The molecule has 0 saturated carbocycles. The summed E-state index contributed by atoms with van der Waals surface area (Å²) in [5, 5.41) is 9.58. The number of benzene rings is 2. The van der Waals surface area contributed by atoms with Gasteiger partial charge < -0.3 is 19.1 Å². The van der Waals surface area contributed by atoms with Crippen LogP contribution in [0.5, 0.6) is 0 Å². The molecule has 4 aromatic rings. The first-order valence-electron chi connectivity index (χ1n) is 14.4. The number of hydrogen-bond donors (Lipinski definition) is 0. The summed E-state index contributed by atoms with van der Waals surface area (Å²) in [6.07, 6.45) is 3.37. The molecule has 1 unspecified atom stereocenters. The lowest BCUT2D eigenvalue weighted by Crippen LogP contribution is -2.42. The summed E-state index contributed by atoms with van der Waals surface area (Å²) in [5.74, 6) is 0.363. The molecule has 2 saturated heterocycles. The zero-order valence-corrected chi connectivity index (χ0v) is 24.0. The lowest BCUT2D eigenvalue weighted by molar-refractivity contribution is -0.152. The molecular weight excluding hydrogens is 536 g/mol. The van der Waals surface area contributed by atoms with E-state index in [-0.39, 0.29) is 36.0 Å². The van der Waals surface area contributed by atoms with Crippen molar-refractivity contribution in [3.8, 4) is 11.4 Å². The minimum absolute atomic E-state index is 0.0153. The van der Waals surface area contributed by atoms with Gasteiger partial charge >= 0.3 is 5.97 Å². The number of anilines is 1. The average molecular weight is 571 g/mol. The van der Waals surface area contributed by atoms with Gasteiger partial charge in [-0.05, 0) is 51.8 Å². The molecular formula is C31H34N6O5. The molecule has 2 aromatic carbocycles. The van der Waals surface area contributed by atoms with Gasteiger partial charge in [0.2, 0.25) is 23.5 Å². The van der Waals surface area contributed by atoms with Crippen molar-refractivity contribution in [3.63, 3.8) is 0 Å². The number of fused-ring (bicyclic) bond motifs is 1. The van der Waals surface area contributed by atoms with Gasteiger partial charge in [-0.25, -0.2) is 9.48 Å². The van der Waals surface area contributed by atoms with E-state index in [0.29, 0.717) is 50.8 Å². The minimum Gasteiger partial charge on any atom is -0.464 e. The summed E-state index contributed by atoms with van der Waals surface area (Å²) in [7, 11) is 0. The van der Waals surface area contributed by atoms with Crippen molar-refractivity contribution >= 4 is 34.4 Å². The van der Waals surface area contributed by atoms with E-state index < -0.39 is 5.54 Å². The first-order chi connectivity index (χ1) is 20.3. The Morgan fingerprint density at radius 1 is 1.10 bits per heavy atom. The molecule has 0 radical (unpaired) electrons. The number of nitrogens with zero attached hydrogens (tertiary/aromatic N) is 6. The highest BCUT2D eigenvalue weighted by Crippen LogP contribution is 2.33. The summed E-state index contributed by atoms with van der Waals surface area (Å²) < 4.78 is 12.6. The molecule has 0 N–H and O–H groups in total. The highest BCUT2D eigenvalue weighted by Gasteiger charge is 2.39. The third-order valence-corrected chi connectivity index (χ3v) is 8.27. The molecule has 0 aliphatic carbocycles. The van der Waals surface area contributed by atoms with E-state index in [0.717, 1.165) is 22.2 Å². The van der Waals surface area contributed by atoms with E-state index in [9.17, 15) is 14.4 Å². The zero-order chi connectivity index (χ0) is 29.4. The number of amides is 2. The molecule has 11 nitrogen and oxygen atoms in total. The third kappa shape index (κ3) is 5.03. The fourth-order valence-corrected chi connectivity index (χ4v) is 5.85. The molecule has 4 heterocycles. The molecule has 0 bridgehead atoms. The van der Waals surface area contributed by atoms with Crippen molar-refractivity contribution in [1.82, 2.24) is 24.8 Å². The highest BCUT2D eigenvalue weighted by atomic mass is 16.5. The molecule has 6 rings (SSSR count). The second kappa shape index (κ2) is 11.0. The van der Waals surface area contributed by atoms with Gasteiger partial charge in [-0.1, -0.05) is 35.5 Å². The number of rotatable bonds is 7. The number of aromatic nitrogens is 4. The van der Waals surface area contributed by atoms with Crippen LogP contribution in [0.1, 0.15) is 51.8 Å². The van der Waals surface area contributed by atoms with Gasteiger partial charge in [0.05, 0.1) is 24.2 Å². The number of likely N-dealkylation sites (tertiary alicyclic amines) is 1. The fourth-order valence-electron chi connectivity index (χ4n) is 5.85. The highest BCUT2D eigenvalue weighted by molar-refractivity contribution is 6.00. The Kier molecular flexibility index (Phi) is 7.26. The molecule has 2 aromatic heterocycles. The number of hydrogen-bond acceptors (Lipinski definition) is 8. The number of esters is 1. The Balaban J connectivity index is 1.11. The monoisotopic (exact) mass is 570 g/mol. The maximum absolute atomic E-state index is 13.3. The van der Waals surface area contributed by atoms with Gasteiger partial charge in [0.25, 0.3) is 0 Å². The predicted octanol–water partition coefficient (Wildman–Crippen LogP) is 4.14. The molecule has 2 aliphatic rings. The van der Waals surface area contributed by atoms with E-state index in [1.54, 1.807) is 36.5 Å². The Hall–Kier alpha value is -4.54. The normalized spacial score (nSPS) is 18.2. The van der Waals surface area contributed by atoms with Crippen LogP contribution >= 0.6 is 0 Å². The van der Waals surface area contributed by atoms with Crippen LogP contribution in [0.4, 0.5) is 5.69 Å². The molecule has 11 heteroatoms. The van der Waals surface area contributed by atoms with Gasteiger partial charge in [0.15, 0.2) is 5.54 Å². The first-order valence-corrected chi connectivity index (χ1v) is 14.4. The lowest BCUT2D eigenvalue weighted by Gasteiger charge is -2.32. The van der Waals surface area contributed by atoms with Crippen LogP contribution in [-0.2, 0) is 24.7 Å². The van der Waals surface area contributed by atoms with Gasteiger partial charge in [-0.3, -0.25) is 9.59 Å². The standard InChI is InChI=1S/C31H34N6O5/c1-4-41-30(40)31(2,3)37-25-16-21(10-11-22(25)18-32-37)27-33-28(42-34-27)20-12-14-35(15-13-20)29(39)23-17-26(38)36(19-23)24-8-6-5-7-9-24/h5-11,16,18,20,23H,4,12-15,17,19H2,1-3H3. The molecule has 42 heavy (non-hydrogen) atoms. The third-order valence-electron chi connectivity index (χ3n) is 8.27. The number of para-hydroxylation sites is 1. The van der Waals surface area contributed by atoms with Gasteiger partial charge in [0.1, 0.15) is 0 Å². The zero-order valence-electron chi connectivity index (χ0n) is 24.0. The van der Waals surface area contributed by atoms with Crippen molar-refractivity contribution in [2.24, 2.45) is 5.92 Å². The molecule has 0 spiro atoms. The molecule has 2 amide bonds. The Morgan fingerprint density at radius 3 is 2.60 bits per heavy atom. The van der Waals surface area contributed by atoms with Crippen molar-refractivity contribution < 1.29 is 23.6 Å². The maximum Gasteiger partial charge on any atom is 0.333 e. The molecule has 218 valence electrons. The van der Waals surface area contributed by atoms with E-state index in [4.69, 9.17) is 14.2 Å². The van der Waals surface area contributed by atoms with Gasteiger partial charge in [0, 0.05) is 48.6 Å². The van der Waals surface area contributed by atoms with Crippen molar-refractivity contribution in [3.05, 3.63) is 60.6 Å².